The second kappa shape index (κ2) is 14.8. The fourth-order valence-electron chi connectivity index (χ4n) is 4.44. The molecule has 2 amide bonds. The van der Waals surface area contributed by atoms with Gasteiger partial charge in [-0.05, 0) is 42.3 Å². The van der Waals surface area contributed by atoms with Crippen molar-refractivity contribution in [1.82, 2.24) is 10.3 Å². The number of aromatic nitrogens is 1. The summed E-state index contributed by atoms with van der Waals surface area (Å²) in [6.07, 6.45) is 0.0127. The smallest absolute Gasteiger partial charge is 0.338 e. The van der Waals surface area contributed by atoms with Crippen LogP contribution in [0.5, 0.6) is 0 Å². The number of nitrogens with one attached hydrogen (secondary N) is 2. The molecule has 3 aromatic rings. The van der Waals surface area contributed by atoms with E-state index in [2.05, 4.69) is 15.6 Å². The van der Waals surface area contributed by atoms with Gasteiger partial charge in [0.05, 0.1) is 31.0 Å². The SMILES string of the molecule is CCOC(=O)CNC(=O)Nc1cccc(C2OC(CSc3ncccc3C(=O)O)C(C)C(c3ccc(CO)cc3)O2)c1. The van der Waals surface area contributed by atoms with E-state index in [9.17, 15) is 24.6 Å². The Labute approximate surface area is 247 Å². The predicted molar refractivity (Wildman–Crippen MR) is 155 cm³/mol. The molecule has 0 saturated carbocycles. The Hall–Kier alpha value is -3.97. The number of urea groups is 1. The minimum atomic E-state index is -1.05. The second-order valence-corrected chi connectivity index (χ2v) is 10.5. The van der Waals surface area contributed by atoms with Crippen LogP contribution in [0.15, 0.2) is 71.9 Å². The van der Waals surface area contributed by atoms with E-state index in [-0.39, 0.29) is 43.4 Å². The van der Waals surface area contributed by atoms with Gasteiger partial charge in [0.15, 0.2) is 6.29 Å². The van der Waals surface area contributed by atoms with Crippen LogP contribution in [0.1, 0.15) is 53.3 Å². The predicted octanol–water partition coefficient (Wildman–Crippen LogP) is 4.54. The summed E-state index contributed by atoms with van der Waals surface area (Å²) in [5.74, 6) is -1.30. The Kier molecular flexibility index (Phi) is 10.9. The lowest BCUT2D eigenvalue weighted by atomic mass is 9.91. The van der Waals surface area contributed by atoms with Gasteiger partial charge in [-0.3, -0.25) is 4.79 Å². The second-order valence-electron chi connectivity index (χ2n) is 9.53. The molecule has 11 nitrogen and oxygen atoms in total. The molecule has 1 aromatic heterocycles. The van der Waals surface area contributed by atoms with Crippen molar-refractivity contribution in [2.24, 2.45) is 5.92 Å². The number of hydrogen-bond donors (Lipinski definition) is 4. The van der Waals surface area contributed by atoms with Crippen molar-refractivity contribution in [3.63, 3.8) is 0 Å². The number of esters is 1. The number of carbonyl (C=O) groups excluding carboxylic acids is 2. The lowest BCUT2D eigenvalue weighted by molar-refractivity contribution is -0.268. The van der Waals surface area contributed by atoms with Gasteiger partial charge in [0.2, 0.25) is 0 Å². The van der Waals surface area contributed by atoms with Crippen LogP contribution in [-0.2, 0) is 25.6 Å². The normalized spacial score (nSPS) is 20.0. The first-order chi connectivity index (χ1) is 20.3. The third-order valence-corrected chi connectivity index (χ3v) is 7.72. The van der Waals surface area contributed by atoms with Crippen molar-refractivity contribution < 1.29 is 38.8 Å². The highest BCUT2D eigenvalue weighted by molar-refractivity contribution is 7.99. The highest BCUT2D eigenvalue weighted by atomic mass is 32.2. The van der Waals surface area contributed by atoms with Crippen molar-refractivity contribution in [1.29, 1.82) is 0 Å². The highest BCUT2D eigenvalue weighted by Gasteiger charge is 2.38. The number of ether oxygens (including phenoxy) is 3. The first kappa shape index (κ1) is 31.0. The first-order valence-corrected chi connectivity index (χ1v) is 14.4. The Balaban J connectivity index is 1.54. The minimum absolute atomic E-state index is 0.0739. The Bertz CT molecular complexity index is 1390. The van der Waals surface area contributed by atoms with Crippen molar-refractivity contribution >= 4 is 35.4 Å². The molecule has 42 heavy (non-hydrogen) atoms. The standard InChI is InChI=1S/C30H33N3O8S/c1-3-39-25(35)15-32-30(38)33-22-7-4-6-21(14-22)29-40-24(17-42-27-23(28(36)37)8-5-13-31-27)18(2)26(41-29)20-11-9-19(16-34)10-12-20/h4-14,18,24,26,29,34H,3,15-17H2,1-2H3,(H,36,37)(H2,32,33,38). The molecule has 0 bridgehead atoms. The zero-order valence-corrected chi connectivity index (χ0v) is 24.0. The average molecular weight is 596 g/mol. The van der Waals surface area contributed by atoms with Crippen molar-refractivity contribution in [3.8, 4) is 0 Å². The maximum Gasteiger partial charge on any atom is 0.338 e. The van der Waals surface area contributed by atoms with Crippen LogP contribution >= 0.6 is 11.8 Å². The van der Waals surface area contributed by atoms with Gasteiger partial charge in [0, 0.05) is 29.1 Å². The number of pyridine rings is 1. The quantitative estimate of drug-likeness (QED) is 0.183. The van der Waals surface area contributed by atoms with Gasteiger partial charge >= 0.3 is 18.0 Å². The number of carboxylic acids is 1. The first-order valence-electron chi connectivity index (χ1n) is 13.4. The molecular weight excluding hydrogens is 562 g/mol. The van der Waals surface area contributed by atoms with Crippen molar-refractivity contribution in [2.75, 3.05) is 24.2 Å². The molecule has 1 aliphatic rings. The molecular formula is C30H33N3O8S. The van der Waals surface area contributed by atoms with Crippen LogP contribution in [-0.4, -0.2) is 58.2 Å². The van der Waals surface area contributed by atoms with Gasteiger partial charge in [0.25, 0.3) is 0 Å². The van der Waals surface area contributed by atoms with Crippen LogP contribution in [0.2, 0.25) is 0 Å². The number of nitrogens with zero attached hydrogens (tertiary/aromatic N) is 1. The summed E-state index contributed by atoms with van der Waals surface area (Å²) in [5.41, 5.74) is 2.92. The molecule has 0 aliphatic carbocycles. The minimum Gasteiger partial charge on any atom is -0.478 e. The fraction of sp³-hybridized carbons (Fsp3) is 0.333. The third kappa shape index (κ3) is 8.07. The van der Waals surface area contributed by atoms with Gasteiger partial charge in [-0.25, -0.2) is 14.6 Å². The number of thioether (sulfide) groups is 1. The highest BCUT2D eigenvalue weighted by Crippen LogP contribution is 2.43. The molecule has 0 spiro atoms. The maximum absolute atomic E-state index is 12.3. The summed E-state index contributed by atoms with van der Waals surface area (Å²) in [6.45, 7) is 3.58. The van der Waals surface area contributed by atoms with E-state index in [1.54, 1.807) is 37.4 Å². The number of benzene rings is 2. The van der Waals surface area contributed by atoms with Crippen LogP contribution in [0, 0.1) is 5.92 Å². The molecule has 1 aliphatic heterocycles. The van der Waals surface area contributed by atoms with Gasteiger partial charge in [-0.15, -0.1) is 11.8 Å². The Morgan fingerprint density at radius 1 is 1.05 bits per heavy atom. The lowest BCUT2D eigenvalue weighted by Crippen LogP contribution is -2.38. The van der Waals surface area contributed by atoms with Gasteiger partial charge in [-0.2, -0.15) is 0 Å². The molecule has 1 saturated heterocycles. The summed E-state index contributed by atoms with van der Waals surface area (Å²) < 4.78 is 17.7. The van der Waals surface area contributed by atoms with Crippen LogP contribution in [0.25, 0.3) is 0 Å². The number of aliphatic hydroxyl groups is 1. The molecule has 4 rings (SSSR count). The average Bonchev–Trinajstić information content (AvgIpc) is 3.00. The van der Waals surface area contributed by atoms with Gasteiger partial charge < -0.3 is 35.1 Å². The number of rotatable bonds is 11. The van der Waals surface area contributed by atoms with E-state index in [1.807, 2.05) is 37.3 Å². The summed E-state index contributed by atoms with van der Waals surface area (Å²) in [7, 11) is 0. The molecule has 222 valence electrons. The van der Waals surface area contributed by atoms with E-state index >= 15 is 0 Å². The number of amides is 2. The molecule has 1 fully saturated rings. The van der Waals surface area contributed by atoms with Crippen LogP contribution < -0.4 is 10.6 Å². The van der Waals surface area contributed by atoms with E-state index in [4.69, 9.17) is 14.2 Å². The number of aromatic carboxylic acids is 1. The number of carboxylic acid groups (broad SMARTS) is 1. The molecule has 0 radical (unpaired) electrons. The van der Waals surface area contributed by atoms with Gasteiger partial charge in [0.1, 0.15) is 11.6 Å². The summed E-state index contributed by atoms with van der Waals surface area (Å²) >= 11 is 1.30. The molecule has 4 atom stereocenters. The van der Waals surface area contributed by atoms with Crippen LogP contribution in [0.4, 0.5) is 10.5 Å². The molecule has 4 unspecified atom stereocenters. The molecule has 2 aromatic carbocycles. The maximum atomic E-state index is 12.3. The molecule has 4 N–H and O–H groups in total. The van der Waals surface area contributed by atoms with Crippen molar-refractivity contribution in [2.45, 2.75) is 44.0 Å². The van der Waals surface area contributed by atoms with Gasteiger partial charge in [-0.1, -0.05) is 43.3 Å². The Morgan fingerprint density at radius 3 is 2.55 bits per heavy atom. The molecule has 2 heterocycles. The zero-order chi connectivity index (χ0) is 30.1. The molecule has 12 heteroatoms. The lowest BCUT2D eigenvalue weighted by Gasteiger charge is -2.41. The number of hydrogen-bond acceptors (Lipinski definition) is 9. The van der Waals surface area contributed by atoms with E-state index in [0.717, 1.165) is 11.1 Å². The van der Waals surface area contributed by atoms with Crippen LogP contribution in [0.3, 0.4) is 0 Å². The monoisotopic (exact) mass is 595 g/mol. The summed E-state index contributed by atoms with van der Waals surface area (Å²) in [6, 6.07) is 17.0. The Morgan fingerprint density at radius 2 is 1.83 bits per heavy atom. The topological polar surface area (TPSA) is 156 Å². The largest absolute Gasteiger partial charge is 0.478 e. The third-order valence-electron chi connectivity index (χ3n) is 6.62. The van der Waals surface area contributed by atoms with E-state index in [1.165, 1.54) is 17.8 Å². The number of carbonyl (C=O) groups is 3. The summed E-state index contributed by atoms with van der Waals surface area (Å²) in [5, 5.41) is 24.6. The zero-order valence-electron chi connectivity index (χ0n) is 23.2. The number of anilines is 1. The van der Waals surface area contributed by atoms with Crippen molar-refractivity contribution in [3.05, 3.63) is 89.1 Å². The van der Waals surface area contributed by atoms with E-state index in [0.29, 0.717) is 22.0 Å². The summed E-state index contributed by atoms with van der Waals surface area (Å²) in [4.78, 5) is 39.8. The van der Waals surface area contributed by atoms with E-state index < -0.39 is 24.3 Å². The fourth-order valence-corrected chi connectivity index (χ4v) is 5.59. The number of aliphatic hydroxyl groups excluding tert-OH is 1.